The minimum atomic E-state index is 0.726. The number of allylic oxidation sites excluding steroid dienone is 1. The van der Waals surface area contributed by atoms with Crippen molar-refractivity contribution in [3.05, 3.63) is 95.7 Å². The first-order chi connectivity index (χ1) is 15.8. The van der Waals surface area contributed by atoms with Crippen LogP contribution in [0.2, 0.25) is 0 Å². The molecule has 2 aliphatic heterocycles. The Kier molecular flexibility index (Phi) is 6.31. The lowest BCUT2D eigenvalue weighted by Gasteiger charge is -2.26. The molecule has 4 heteroatoms. The molecular formula is C28H30N4. The topological polar surface area (TPSA) is 39.7 Å². The minimum Gasteiger partial charge on any atom is -0.361 e. The van der Waals surface area contributed by atoms with Gasteiger partial charge >= 0.3 is 0 Å². The standard InChI is InChI=1S/C28H30N4/c1-3-7-26(8-4-1)31-27-14-11-23-18-29-19-24(28(23)17-27)20-30-25-12-9-22(10-13-25)21-32-15-5-2-6-16-32/h1,3-4,7-14,17,19-20,30-31H,2,5-6,15-16,18,21H2/b24-20+. The quantitative estimate of drug-likeness (QED) is 0.479. The molecule has 0 amide bonds. The third-order valence-corrected chi connectivity index (χ3v) is 6.18. The number of benzene rings is 3. The molecule has 3 aromatic carbocycles. The second kappa shape index (κ2) is 9.84. The van der Waals surface area contributed by atoms with Crippen LogP contribution in [0, 0.1) is 0 Å². The number of nitrogens with one attached hydrogen (secondary N) is 2. The van der Waals surface area contributed by atoms with Crippen molar-refractivity contribution in [1.29, 1.82) is 0 Å². The number of aliphatic imine (C=N–C) groups is 1. The van der Waals surface area contributed by atoms with Crippen molar-refractivity contribution in [3.8, 4) is 0 Å². The van der Waals surface area contributed by atoms with Gasteiger partial charge in [-0.1, -0.05) is 42.8 Å². The van der Waals surface area contributed by atoms with Gasteiger partial charge in [0.1, 0.15) is 0 Å². The highest BCUT2D eigenvalue weighted by Gasteiger charge is 2.12. The predicted octanol–water partition coefficient (Wildman–Crippen LogP) is 6.45. The summed E-state index contributed by atoms with van der Waals surface area (Å²) in [5.74, 6) is 0. The van der Waals surface area contributed by atoms with Crippen LogP contribution in [0.3, 0.4) is 0 Å². The summed E-state index contributed by atoms with van der Waals surface area (Å²) in [6.07, 6.45) is 8.07. The van der Waals surface area contributed by atoms with Gasteiger partial charge in [0, 0.05) is 41.6 Å². The van der Waals surface area contributed by atoms with E-state index in [2.05, 4.69) is 81.3 Å². The molecule has 1 saturated heterocycles. The predicted molar refractivity (Wildman–Crippen MR) is 136 cm³/mol. The van der Waals surface area contributed by atoms with Crippen molar-refractivity contribution in [3.63, 3.8) is 0 Å². The van der Waals surface area contributed by atoms with Crippen LogP contribution in [0.4, 0.5) is 17.1 Å². The van der Waals surface area contributed by atoms with Gasteiger partial charge in [-0.25, -0.2) is 0 Å². The van der Waals surface area contributed by atoms with Crippen molar-refractivity contribution in [1.82, 2.24) is 4.90 Å². The Labute approximate surface area is 190 Å². The second-order valence-corrected chi connectivity index (χ2v) is 8.61. The third kappa shape index (κ3) is 5.09. The molecule has 0 aliphatic carbocycles. The number of likely N-dealkylation sites (tertiary alicyclic amines) is 1. The minimum absolute atomic E-state index is 0.726. The molecule has 4 nitrogen and oxygen atoms in total. The fourth-order valence-corrected chi connectivity index (χ4v) is 4.42. The largest absolute Gasteiger partial charge is 0.361 e. The van der Waals surface area contributed by atoms with Gasteiger partial charge in [0.25, 0.3) is 0 Å². The second-order valence-electron chi connectivity index (χ2n) is 8.61. The van der Waals surface area contributed by atoms with Crippen LogP contribution in [-0.2, 0) is 13.1 Å². The van der Waals surface area contributed by atoms with Crippen LogP contribution >= 0.6 is 0 Å². The van der Waals surface area contributed by atoms with E-state index in [4.69, 9.17) is 0 Å². The summed E-state index contributed by atoms with van der Waals surface area (Å²) >= 11 is 0. The van der Waals surface area contributed by atoms with Crippen LogP contribution in [0.1, 0.15) is 36.0 Å². The highest BCUT2D eigenvalue weighted by molar-refractivity contribution is 6.12. The number of anilines is 3. The summed E-state index contributed by atoms with van der Waals surface area (Å²) in [7, 11) is 0. The first-order valence-electron chi connectivity index (χ1n) is 11.6. The molecule has 1 fully saturated rings. The fraction of sp³-hybridized carbons (Fsp3) is 0.250. The van der Waals surface area contributed by atoms with E-state index >= 15 is 0 Å². The first-order valence-corrected chi connectivity index (χ1v) is 11.6. The average Bonchev–Trinajstić information content (AvgIpc) is 2.85. The van der Waals surface area contributed by atoms with E-state index in [9.17, 15) is 0 Å². The maximum Gasteiger partial charge on any atom is 0.0646 e. The van der Waals surface area contributed by atoms with E-state index in [0.29, 0.717) is 0 Å². The van der Waals surface area contributed by atoms with Crippen molar-refractivity contribution in [2.24, 2.45) is 4.99 Å². The van der Waals surface area contributed by atoms with E-state index in [-0.39, 0.29) is 0 Å². The summed E-state index contributed by atoms with van der Waals surface area (Å²) < 4.78 is 0. The van der Waals surface area contributed by atoms with Gasteiger partial charge in [0.2, 0.25) is 0 Å². The molecule has 2 aliphatic rings. The molecule has 2 heterocycles. The van der Waals surface area contributed by atoms with Crippen LogP contribution in [0.5, 0.6) is 0 Å². The number of piperidine rings is 1. The van der Waals surface area contributed by atoms with Crippen LogP contribution in [0.25, 0.3) is 5.57 Å². The summed E-state index contributed by atoms with van der Waals surface area (Å²) in [5, 5.41) is 6.96. The summed E-state index contributed by atoms with van der Waals surface area (Å²) in [6.45, 7) is 4.24. The van der Waals surface area contributed by atoms with E-state index < -0.39 is 0 Å². The molecule has 162 valence electrons. The Morgan fingerprint density at radius 1 is 0.812 bits per heavy atom. The van der Waals surface area contributed by atoms with Crippen molar-refractivity contribution in [2.45, 2.75) is 32.4 Å². The molecule has 2 N–H and O–H groups in total. The molecule has 32 heavy (non-hydrogen) atoms. The van der Waals surface area contributed by atoms with Crippen molar-refractivity contribution < 1.29 is 0 Å². The van der Waals surface area contributed by atoms with Crippen LogP contribution < -0.4 is 10.6 Å². The lowest BCUT2D eigenvalue weighted by atomic mass is 9.98. The summed E-state index contributed by atoms with van der Waals surface area (Å²) in [4.78, 5) is 7.11. The van der Waals surface area contributed by atoms with E-state index in [1.807, 2.05) is 24.4 Å². The zero-order chi connectivity index (χ0) is 21.6. The Balaban J connectivity index is 1.28. The molecule has 0 spiro atoms. The summed E-state index contributed by atoms with van der Waals surface area (Å²) in [5.41, 5.74) is 8.21. The Morgan fingerprint density at radius 3 is 2.41 bits per heavy atom. The normalized spacial score (nSPS) is 17.2. The molecule has 0 bridgehead atoms. The summed E-state index contributed by atoms with van der Waals surface area (Å²) in [6, 6.07) is 25.6. The maximum atomic E-state index is 4.55. The fourth-order valence-electron chi connectivity index (χ4n) is 4.42. The molecule has 3 aromatic rings. The molecule has 0 radical (unpaired) electrons. The Hall–Kier alpha value is -3.37. The van der Waals surface area contributed by atoms with Gasteiger partial charge < -0.3 is 10.6 Å². The van der Waals surface area contributed by atoms with Gasteiger partial charge in [-0.2, -0.15) is 0 Å². The highest BCUT2D eigenvalue weighted by Crippen LogP contribution is 2.28. The van der Waals surface area contributed by atoms with Crippen LogP contribution in [-0.4, -0.2) is 24.2 Å². The van der Waals surface area contributed by atoms with E-state index in [1.165, 1.54) is 49.0 Å². The Morgan fingerprint density at radius 2 is 1.59 bits per heavy atom. The molecule has 5 rings (SSSR count). The number of rotatable bonds is 6. The lowest BCUT2D eigenvalue weighted by molar-refractivity contribution is 0.221. The number of hydrogen-bond donors (Lipinski definition) is 2. The van der Waals surface area contributed by atoms with E-state index in [1.54, 1.807) is 0 Å². The maximum absolute atomic E-state index is 4.55. The highest BCUT2D eigenvalue weighted by atomic mass is 15.1. The number of fused-ring (bicyclic) bond motifs is 1. The monoisotopic (exact) mass is 422 g/mol. The zero-order valence-corrected chi connectivity index (χ0v) is 18.4. The van der Waals surface area contributed by atoms with Gasteiger partial charge in [-0.05, 0) is 79.0 Å². The third-order valence-electron chi connectivity index (χ3n) is 6.18. The number of nitrogens with zero attached hydrogens (tertiary/aromatic N) is 2. The van der Waals surface area contributed by atoms with Gasteiger partial charge in [0.15, 0.2) is 0 Å². The van der Waals surface area contributed by atoms with Gasteiger partial charge in [0.05, 0.1) is 6.54 Å². The average molecular weight is 423 g/mol. The lowest BCUT2D eigenvalue weighted by Crippen LogP contribution is -2.29. The number of para-hydroxylation sites is 1. The molecule has 0 aromatic heterocycles. The van der Waals surface area contributed by atoms with Crippen molar-refractivity contribution in [2.75, 3.05) is 23.7 Å². The smallest absolute Gasteiger partial charge is 0.0646 e. The number of hydrogen-bond acceptors (Lipinski definition) is 4. The molecule has 0 saturated carbocycles. The van der Waals surface area contributed by atoms with Gasteiger partial charge in [-0.3, -0.25) is 9.89 Å². The first kappa shape index (κ1) is 20.5. The van der Waals surface area contributed by atoms with E-state index in [0.717, 1.165) is 35.7 Å². The Bertz CT molecular complexity index is 1090. The zero-order valence-electron chi connectivity index (χ0n) is 18.4. The SMILES string of the molecule is C1=NCc2ccc(Nc3ccccc3)cc2/C1=C/Nc1ccc(CN2CCCCC2)cc1. The van der Waals surface area contributed by atoms with Crippen molar-refractivity contribution >= 4 is 28.8 Å². The van der Waals surface area contributed by atoms with Crippen LogP contribution in [0.15, 0.2) is 84.0 Å². The molecular weight excluding hydrogens is 392 g/mol. The molecule has 0 atom stereocenters. The molecule has 0 unspecified atom stereocenters. The van der Waals surface area contributed by atoms with Gasteiger partial charge in [-0.15, -0.1) is 0 Å².